The number of rotatable bonds is 2. The van der Waals surface area contributed by atoms with Crippen LogP contribution >= 0.6 is 45.2 Å². The van der Waals surface area contributed by atoms with Crippen LogP contribution in [0.4, 0.5) is 0 Å². The average molecular weight is 666 g/mol. The van der Waals surface area contributed by atoms with E-state index < -0.39 is 58.0 Å². The molecule has 4 rings (SSSR count). The third kappa shape index (κ3) is 2.97. The van der Waals surface area contributed by atoms with Crippen LogP contribution < -0.4 is 5.73 Å². The molecule has 0 aromatic heterocycles. The number of hydrogen-bond acceptors (Lipinski definition) is 8. The molecule has 0 bridgehead atoms. The second-order valence-corrected chi connectivity index (χ2v) is 10.8. The molecular formula is C21H20I2N2O7. The van der Waals surface area contributed by atoms with Crippen LogP contribution in [0.3, 0.4) is 0 Å². The van der Waals surface area contributed by atoms with Crippen LogP contribution in [0.5, 0.6) is 5.75 Å². The summed E-state index contributed by atoms with van der Waals surface area (Å²) in [5, 5.41) is 43.9. The topological polar surface area (TPSA) is 161 Å². The maximum Gasteiger partial charge on any atom is 0.255 e. The molecule has 32 heavy (non-hydrogen) atoms. The first-order chi connectivity index (χ1) is 14.8. The van der Waals surface area contributed by atoms with Crippen molar-refractivity contribution >= 4 is 62.7 Å². The van der Waals surface area contributed by atoms with Gasteiger partial charge in [0.2, 0.25) is 5.78 Å². The second-order valence-electron chi connectivity index (χ2n) is 8.51. The largest absolute Gasteiger partial charge is 0.510 e. The predicted molar refractivity (Wildman–Crippen MR) is 129 cm³/mol. The van der Waals surface area contributed by atoms with Crippen LogP contribution in [0, 0.1) is 19.0 Å². The van der Waals surface area contributed by atoms with Gasteiger partial charge in [-0.05, 0) is 89.7 Å². The summed E-state index contributed by atoms with van der Waals surface area (Å²) in [5.74, 6) is -6.41. The number of carbonyl (C=O) groups excluding carboxylic acids is 3. The van der Waals surface area contributed by atoms with Crippen molar-refractivity contribution in [1.29, 1.82) is 0 Å². The summed E-state index contributed by atoms with van der Waals surface area (Å²) < 4.78 is 1.23. The number of aromatic hydroxyl groups is 1. The van der Waals surface area contributed by atoms with Crippen molar-refractivity contribution in [2.45, 2.75) is 24.5 Å². The first kappa shape index (κ1) is 23.4. The van der Waals surface area contributed by atoms with Gasteiger partial charge in [-0.25, -0.2) is 0 Å². The Kier molecular flexibility index (Phi) is 5.62. The van der Waals surface area contributed by atoms with Gasteiger partial charge < -0.3 is 26.2 Å². The average Bonchev–Trinajstić information content (AvgIpc) is 2.68. The number of Topliss-reactive ketones (excluding diaryl/α,β-unsaturated/α-hetero) is 2. The molecule has 0 saturated carbocycles. The lowest BCUT2D eigenvalue weighted by molar-refractivity contribution is -0.148. The summed E-state index contributed by atoms with van der Waals surface area (Å²) in [4.78, 5) is 40.1. The van der Waals surface area contributed by atoms with Gasteiger partial charge >= 0.3 is 0 Å². The fourth-order valence-electron chi connectivity index (χ4n) is 5.24. The molecule has 1 amide bonds. The number of carbonyl (C=O) groups is 3. The lowest BCUT2D eigenvalue weighted by Gasteiger charge is -2.50. The maximum absolute atomic E-state index is 13.4. The van der Waals surface area contributed by atoms with E-state index in [9.17, 15) is 34.8 Å². The predicted octanol–water partition coefficient (Wildman–Crippen LogP) is 1.33. The third-order valence-corrected chi connectivity index (χ3v) is 8.41. The summed E-state index contributed by atoms with van der Waals surface area (Å²) in [6, 6.07) is 0.751. The Hall–Kier alpha value is -1.71. The van der Waals surface area contributed by atoms with Gasteiger partial charge in [-0.1, -0.05) is 0 Å². The summed E-state index contributed by atoms with van der Waals surface area (Å²) in [5.41, 5.74) is 2.38. The van der Waals surface area contributed by atoms with E-state index in [2.05, 4.69) is 22.6 Å². The Balaban J connectivity index is 1.99. The van der Waals surface area contributed by atoms with Crippen LogP contribution in [0.1, 0.15) is 22.3 Å². The van der Waals surface area contributed by atoms with Crippen LogP contribution in [-0.4, -0.2) is 68.5 Å². The number of amides is 1. The van der Waals surface area contributed by atoms with Crippen molar-refractivity contribution in [2.24, 2.45) is 17.6 Å². The SMILES string of the molecule is CN(C)[C@@H]1C(O)=C(C(N)=O)C(=O)[C@@]2(O)C(O)=C3C(=O)c4c(O)c(I)cc(I)c4C[C@H]3CC12. The molecule has 0 saturated heterocycles. The van der Waals surface area contributed by atoms with Crippen molar-refractivity contribution in [3.8, 4) is 5.75 Å². The number of ketones is 2. The molecule has 0 heterocycles. The Morgan fingerprint density at radius 2 is 1.81 bits per heavy atom. The Morgan fingerprint density at radius 1 is 1.19 bits per heavy atom. The quantitative estimate of drug-likeness (QED) is 0.234. The van der Waals surface area contributed by atoms with Crippen molar-refractivity contribution in [2.75, 3.05) is 14.1 Å². The monoisotopic (exact) mass is 666 g/mol. The van der Waals surface area contributed by atoms with E-state index in [4.69, 9.17) is 5.73 Å². The van der Waals surface area contributed by atoms with E-state index in [1.807, 2.05) is 22.6 Å². The minimum atomic E-state index is -2.62. The van der Waals surface area contributed by atoms with Crippen LogP contribution in [-0.2, 0) is 16.0 Å². The van der Waals surface area contributed by atoms with Gasteiger partial charge in [-0.3, -0.25) is 19.3 Å². The highest BCUT2D eigenvalue weighted by Gasteiger charge is 2.63. The number of halogens is 2. The molecule has 6 N–H and O–H groups in total. The molecule has 3 aliphatic carbocycles. The summed E-state index contributed by atoms with van der Waals surface area (Å²) in [7, 11) is 3.19. The third-order valence-electron chi connectivity index (χ3n) is 6.62. The van der Waals surface area contributed by atoms with E-state index in [1.54, 1.807) is 20.2 Å². The van der Waals surface area contributed by atoms with E-state index in [-0.39, 0.29) is 29.7 Å². The van der Waals surface area contributed by atoms with Crippen molar-refractivity contribution < 1.29 is 34.8 Å². The van der Waals surface area contributed by atoms with Gasteiger partial charge in [0, 0.05) is 15.1 Å². The molecule has 0 aliphatic heterocycles. The number of primary amides is 1. The number of phenolic OH excluding ortho intramolecular Hbond substituents is 1. The number of hydrogen-bond donors (Lipinski definition) is 5. The van der Waals surface area contributed by atoms with Crippen molar-refractivity contribution in [3.63, 3.8) is 0 Å². The Labute approximate surface area is 210 Å². The van der Waals surface area contributed by atoms with Crippen LogP contribution in [0.2, 0.25) is 0 Å². The minimum absolute atomic E-state index is 0.0297. The molecule has 170 valence electrons. The van der Waals surface area contributed by atoms with Gasteiger partial charge in [0.1, 0.15) is 22.8 Å². The molecule has 3 aliphatic rings. The minimum Gasteiger partial charge on any atom is -0.510 e. The zero-order chi connectivity index (χ0) is 23.9. The van der Waals surface area contributed by atoms with E-state index in [1.165, 1.54) is 4.90 Å². The normalized spacial score (nSPS) is 29.8. The first-order valence-corrected chi connectivity index (χ1v) is 11.8. The number of allylic oxidation sites excluding steroid dienone is 1. The molecule has 1 aromatic rings. The highest BCUT2D eigenvalue weighted by molar-refractivity contribution is 14.1. The Bertz CT molecular complexity index is 1170. The lowest BCUT2D eigenvalue weighted by Crippen LogP contribution is -2.63. The zero-order valence-electron chi connectivity index (χ0n) is 17.0. The number of fused-ring (bicyclic) bond motifs is 3. The van der Waals surface area contributed by atoms with Gasteiger partial charge in [0.25, 0.3) is 5.91 Å². The number of nitrogens with two attached hydrogens (primary N) is 1. The molecule has 11 heteroatoms. The van der Waals surface area contributed by atoms with Crippen LogP contribution in [0.15, 0.2) is 28.7 Å². The van der Waals surface area contributed by atoms with E-state index in [0.29, 0.717) is 9.13 Å². The molecule has 0 radical (unpaired) electrons. The number of aliphatic hydroxyl groups excluding tert-OH is 2. The first-order valence-electron chi connectivity index (χ1n) is 9.68. The van der Waals surface area contributed by atoms with Gasteiger partial charge in [0.15, 0.2) is 11.4 Å². The zero-order valence-corrected chi connectivity index (χ0v) is 21.3. The number of nitrogens with zero attached hydrogens (tertiary/aromatic N) is 1. The van der Waals surface area contributed by atoms with Crippen molar-refractivity contribution in [3.05, 3.63) is 47.0 Å². The fourth-order valence-corrected chi connectivity index (χ4v) is 7.22. The van der Waals surface area contributed by atoms with E-state index in [0.717, 1.165) is 3.57 Å². The van der Waals surface area contributed by atoms with Gasteiger partial charge in [-0.15, -0.1) is 0 Å². The van der Waals surface area contributed by atoms with Crippen LogP contribution in [0.25, 0.3) is 0 Å². The summed E-state index contributed by atoms with van der Waals surface area (Å²) in [6.07, 6.45) is 0.367. The molecule has 0 spiro atoms. The highest BCUT2D eigenvalue weighted by atomic mass is 127. The number of likely N-dealkylation sites (N-methyl/N-ethyl adjacent to an activating group) is 1. The number of benzene rings is 1. The molecule has 4 atom stereocenters. The van der Waals surface area contributed by atoms with Gasteiger partial charge in [0.05, 0.1) is 15.2 Å². The standard InChI is InChI=1S/C21H20I2N2O7/c1-25(2)14-8-4-6-3-7-9(22)5-10(23)15(26)12(7)16(27)11(6)18(29)21(8,32)19(30)13(17(14)28)20(24)31/h5-6,8,14,26,28-29,32H,3-4H2,1-2H3,(H2,24,31)/t6-,8?,14-,21-/m0/s1. The lowest BCUT2D eigenvalue weighted by atomic mass is 9.58. The van der Waals surface area contributed by atoms with Crippen molar-refractivity contribution in [1.82, 2.24) is 4.90 Å². The summed E-state index contributed by atoms with van der Waals surface area (Å²) >= 11 is 3.98. The van der Waals surface area contributed by atoms with E-state index >= 15 is 0 Å². The Morgan fingerprint density at radius 3 is 2.38 bits per heavy atom. The number of aliphatic hydroxyl groups is 3. The fraction of sp³-hybridized carbons (Fsp3) is 0.381. The summed E-state index contributed by atoms with van der Waals surface area (Å²) in [6.45, 7) is 0. The second kappa shape index (κ2) is 7.67. The molecule has 0 fully saturated rings. The molecule has 1 aromatic carbocycles. The highest BCUT2D eigenvalue weighted by Crippen LogP contribution is 2.52. The maximum atomic E-state index is 13.4. The smallest absolute Gasteiger partial charge is 0.255 e. The molecule has 1 unspecified atom stereocenters. The number of phenols is 1. The molecular weight excluding hydrogens is 646 g/mol. The molecule has 9 nitrogen and oxygen atoms in total. The van der Waals surface area contributed by atoms with Gasteiger partial charge in [-0.2, -0.15) is 0 Å².